The van der Waals surface area contributed by atoms with Crippen molar-refractivity contribution in [2.24, 2.45) is 0 Å². The highest BCUT2D eigenvalue weighted by atomic mass is 16.5. The number of fused-ring (bicyclic) bond motifs is 1. The van der Waals surface area contributed by atoms with Gasteiger partial charge in [-0.25, -0.2) is 9.50 Å². The first-order chi connectivity index (χ1) is 10.2. The van der Waals surface area contributed by atoms with Crippen LogP contribution in [-0.4, -0.2) is 27.6 Å². The van der Waals surface area contributed by atoms with Crippen LogP contribution in [0, 0.1) is 6.92 Å². The van der Waals surface area contributed by atoms with Crippen LogP contribution in [0.25, 0.3) is 5.65 Å². The van der Waals surface area contributed by atoms with E-state index in [0.29, 0.717) is 22.8 Å². The van der Waals surface area contributed by atoms with E-state index in [0.717, 1.165) is 5.69 Å². The van der Waals surface area contributed by atoms with Gasteiger partial charge in [0.2, 0.25) is 0 Å². The Morgan fingerprint density at radius 2 is 2.14 bits per heavy atom. The molecule has 0 bridgehead atoms. The normalized spacial score (nSPS) is 10.6. The largest absolute Gasteiger partial charge is 0.497 e. The van der Waals surface area contributed by atoms with Crippen LogP contribution in [0.3, 0.4) is 0 Å². The second-order valence-corrected chi connectivity index (χ2v) is 4.57. The molecule has 0 aliphatic rings. The van der Waals surface area contributed by atoms with E-state index in [2.05, 4.69) is 15.4 Å². The molecule has 1 N–H and O–H groups in total. The second-order valence-electron chi connectivity index (χ2n) is 4.57. The molecule has 2 aromatic heterocycles. The predicted molar refractivity (Wildman–Crippen MR) is 78.7 cm³/mol. The van der Waals surface area contributed by atoms with Crippen molar-refractivity contribution in [1.82, 2.24) is 14.6 Å². The monoisotopic (exact) mass is 282 g/mol. The number of hydrogen-bond donors (Lipinski definition) is 1. The smallest absolute Gasteiger partial charge is 0.274 e. The van der Waals surface area contributed by atoms with Gasteiger partial charge in [-0.15, -0.1) is 0 Å². The average Bonchev–Trinajstić information content (AvgIpc) is 2.96. The zero-order valence-electron chi connectivity index (χ0n) is 11.7. The summed E-state index contributed by atoms with van der Waals surface area (Å²) in [6.07, 6.45) is 1.65. The number of amides is 1. The fraction of sp³-hybridized carbons (Fsp3) is 0.133. The number of nitrogens with one attached hydrogen (secondary N) is 1. The number of carbonyl (C=O) groups is 1. The number of methoxy groups -OCH3 is 1. The molecule has 21 heavy (non-hydrogen) atoms. The van der Waals surface area contributed by atoms with Gasteiger partial charge in [-0.1, -0.05) is 6.07 Å². The van der Waals surface area contributed by atoms with Crippen molar-refractivity contribution in [2.75, 3.05) is 12.4 Å². The molecule has 0 saturated heterocycles. The van der Waals surface area contributed by atoms with Gasteiger partial charge in [-0.3, -0.25) is 4.79 Å². The third-order valence-corrected chi connectivity index (χ3v) is 3.10. The van der Waals surface area contributed by atoms with E-state index >= 15 is 0 Å². The van der Waals surface area contributed by atoms with Gasteiger partial charge in [-0.05, 0) is 25.1 Å². The quantitative estimate of drug-likeness (QED) is 0.800. The van der Waals surface area contributed by atoms with Gasteiger partial charge in [-0.2, -0.15) is 5.10 Å². The minimum atomic E-state index is -0.268. The minimum Gasteiger partial charge on any atom is -0.497 e. The first-order valence-electron chi connectivity index (χ1n) is 6.44. The van der Waals surface area contributed by atoms with E-state index in [-0.39, 0.29) is 5.91 Å². The van der Waals surface area contributed by atoms with E-state index < -0.39 is 0 Å². The first-order valence-corrected chi connectivity index (χ1v) is 6.44. The standard InChI is InChI=1S/C15H14N4O2/c1-10-8-13(18-14-6-7-16-19(10)14)15(20)17-11-4-3-5-12(9-11)21-2/h3-9H,1-2H3,(H,17,20). The Bertz CT molecular complexity index is 810. The summed E-state index contributed by atoms with van der Waals surface area (Å²) >= 11 is 0. The molecule has 0 atom stereocenters. The molecule has 3 rings (SSSR count). The summed E-state index contributed by atoms with van der Waals surface area (Å²) in [5, 5.41) is 6.94. The molecule has 106 valence electrons. The summed E-state index contributed by atoms with van der Waals surface area (Å²) in [6, 6.07) is 10.6. The van der Waals surface area contributed by atoms with Gasteiger partial charge < -0.3 is 10.1 Å². The number of aryl methyl sites for hydroxylation is 1. The molecule has 0 aliphatic carbocycles. The van der Waals surface area contributed by atoms with Gasteiger partial charge >= 0.3 is 0 Å². The van der Waals surface area contributed by atoms with Crippen molar-refractivity contribution in [3.05, 3.63) is 54.0 Å². The van der Waals surface area contributed by atoms with Gasteiger partial charge in [0.25, 0.3) is 5.91 Å². The molecule has 1 amide bonds. The average molecular weight is 282 g/mol. The van der Waals surface area contributed by atoms with E-state index in [1.165, 1.54) is 0 Å². The Kier molecular flexibility index (Phi) is 3.27. The minimum absolute atomic E-state index is 0.268. The highest BCUT2D eigenvalue weighted by molar-refractivity contribution is 6.03. The lowest BCUT2D eigenvalue weighted by Gasteiger charge is -2.07. The lowest BCUT2D eigenvalue weighted by molar-refractivity contribution is 0.102. The Morgan fingerprint density at radius 3 is 2.95 bits per heavy atom. The number of benzene rings is 1. The van der Waals surface area contributed by atoms with Gasteiger partial charge in [0.15, 0.2) is 5.65 Å². The fourth-order valence-corrected chi connectivity index (χ4v) is 2.08. The zero-order chi connectivity index (χ0) is 14.8. The van der Waals surface area contributed by atoms with Crippen LogP contribution in [0.4, 0.5) is 5.69 Å². The Balaban J connectivity index is 1.89. The maximum absolute atomic E-state index is 12.3. The molecule has 0 radical (unpaired) electrons. The van der Waals surface area contributed by atoms with Crippen LogP contribution in [-0.2, 0) is 0 Å². The highest BCUT2D eigenvalue weighted by Crippen LogP contribution is 2.17. The molecule has 3 aromatic rings. The van der Waals surface area contributed by atoms with Crippen LogP contribution < -0.4 is 10.1 Å². The van der Waals surface area contributed by atoms with Gasteiger partial charge in [0.05, 0.1) is 13.3 Å². The van der Waals surface area contributed by atoms with Gasteiger partial charge in [0, 0.05) is 23.5 Å². The van der Waals surface area contributed by atoms with E-state index in [4.69, 9.17) is 4.74 Å². The maximum Gasteiger partial charge on any atom is 0.274 e. The van der Waals surface area contributed by atoms with Gasteiger partial charge in [0.1, 0.15) is 11.4 Å². The summed E-state index contributed by atoms with van der Waals surface area (Å²) in [4.78, 5) is 16.6. The maximum atomic E-state index is 12.3. The van der Waals surface area contributed by atoms with Crippen LogP contribution in [0.2, 0.25) is 0 Å². The summed E-state index contributed by atoms with van der Waals surface area (Å²) in [7, 11) is 1.58. The Labute approximate surface area is 121 Å². The first kappa shape index (κ1) is 13.1. The van der Waals surface area contributed by atoms with Crippen LogP contribution >= 0.6 is 0 Å². The molecule has 0 saturated carbocycles. The number of hydrogen-bond acceptors (Lipinski definition) is 4. The van der Waals surface area contributed by atoms with Crippen molar-refractivity contribution in [3.8, 4) is 5.75 Å². The number of ether oxygens (including phenoxy) is 1. The molecular formula is C15H14N4O2. The number of carbonyl (C=O) groups excluding carboxylic acids is 1. The van der Waals surface area contributed by atoms with Crippen molar-refractivity contribution < 1.29 is 9.53 Å². The lowest BCUT2D eigenvalue weighted by Crippen LogP contribution is -2.15. The van der Waals surface area contributed by atoms with Crippen LogP contribution in [0.1, 0.15) is 16.2 Å². The summed E-state index contributed by atoms with van der Waals surface area (Å²) < 4.78 is 6.81. The third kappa shape index (κ3) is 2.55. The van der Waals surface area contributed by atoms with E-state index in [1.807, 2.05) is 19.1 Å². The molecule has 2 heterocycles. The number of nitrogens with zero attached hydrogens (tertiary/aromatic N) is 3. The molecular weight excluding hydrogens is 268 g/mol. The predicted octanol–water partition coefficient (Wildman–Crippen LogP) is 2.30. The SMILES string of the molecule is COc1cccc(NC(=O)c2cc(C)n3nccc3n2)c1. The summed E-state index contributed by atoms with van der Waals surface area (Å²) in [6.45, 7) is 1.88. The van der Waals surface area contributed by atoms with Crippen LogP contribution in [0.5, 0.6) is 5.75 Å². The van der Waals surface area contributed by atoms with E-state index in [9.17, 15) is 4.79 Å². The Hall–Kier alpha value is -2.89. The fourth-order valence-electron chi connectivity index (χ4n) is 2.08. The third-order valence-electron chi connectivity index (χ3n) is 3.10. The molecule has 1 aromatic carbocycles. The molecule has 6 nitrogen and oxygen atoms in total. The van der Waals surface area contributed by atoms with Crippen molar-refractivity contribution >= 4 is 17.2 Å². The number of anilines is 1. The topological polar surface area (TPSA) is 68.5 Å². The van der Waals surface area contributed by atoms with Crippen LogP contribution in [0.15, 0.2) is 42.6 Å². The molecule has 0 unspecified atom stereocenters. The lowest BCUT2D eigenvalue weighted by atomic mass is 10.2. The zero-order valence-corrected chi connectivity index (χ0v) is 11.7. The van der Waals surface area contributed by atoms with Crippen molar-refractivity contribution in [2.45, 2.75) is 6.92 Å². The molecule has 6 heteroatoms. The van der Waals surface area contributed by atoms with Crippen molar-refractivity contribution in [3.63, 3.8) is 0 Å². The molecule has 0 spiro atoms. The second kappa shape index (κ2) is 5.24. The summed E-state index contributed by atoms with van der Waals surface area (Å²) in [5.74, 6) is 0.415. The number of rotatable bonds is 3. The van der Waals surface area contributed by atoms with Crippen molar-refractivity contribution in [1.29, 1.82) is 0 Å². The molecule has 0 fully saturated rings. The molecule has 0 aliphatic heterocycles. The van der Waals surface area contributed by atoms with E-state index in [1.54, 1.807) is 42.1 Å². The number of aromatic nitrogens is 3. The Morgan fingerprint density at radius 1 is 1.29 bits per heavy atom. The summed E-state index contributed by atoms with van der Waals surface area (Å²) in [5.41, 5.74) is 2.50. The highest BCUT2D eigenvalue weighted by Gasteiger charge is 2.11.